The van der Waals surface area contributed by atoms with Gasteiger partial charge < -0.3 is 20.1 Å². The van der Waals surface area contributed by atoms with Crippen LogP contribution in [0.25, 0.3) is 0 Å². The van der Waals surface area contributed by atoms with Gasteiger partial charge in [-0.15, -0.1) is 11.3 Å². The third kappa shape index (κ3) is 4.99. The summed E-state index contributed by atoms with van der Waals surface area (Å²) in [4.78, 5) is 6.70. The highest BCUT2D eigenvalue weighted by molar-refractivity contribution is 7.13. The lowest BCUT2D eigenvalue weighted by atomic mass is 10.4. The molecule has 0 saturated carbocycles. The Balaban J connectivity index is 2.54. The molecule has 0 aliphatic heterocycles. The summed E-state index contributed by atoms with van der Waals surface area (Å²) in [6.45, 7) is 3.72. The minimum atomic E-state index is 0.493. The van der Waals surface area contributed by atoms with Crippen molar-refractivity contribution < 1.29 is 9.47 Å². The number of ether oxygens (including phenoxy) is 2. The second kappa shape index (κ2) is 8.41. The van der Waals surface area contributed by atoms with Gasteiger partial charge in [-0.2, -0.15) is 0 Å². The van der Waals surface area contributed by atoms with Crippen LogP contribution in [0.5, 0.6) is 0 Å². The predicted octanol–water partition coefficient (Wildman–Crippen LogP) is 1.09. The quantitative estimate of drug-likeness (QED) is 0.673. The molecule has 5 nitrogen and oxygen atoms in total. The fraction of sp³-hybridized carbons (Fsp3) is 0.727. The summed E-state index contributed by atoms with van der Waals surface area (Å²) in [7, 11) is 3.43. The van der Waals surface area contributed by atoms with Crippen LogP contribution in [0.15, 0.2) is 5.38 Å². The van der Waals surface area contributed by atoms with Gasteiger partial charge >= 0.3 is 0 Å². The molecule has 0 aliphatic carbocycles. The van der Waals surface area contributed by atoms with Crippen LogP contribution in [0, 0.1) is 0 Å². The second-order valence-electron chi connectivity index (χ2n) is 3.65. The molecule has 0 saturated heterocycles. The lowest BCUT2D eigenvalue weighted by Gasteiger charge is -2.21. The van der Waals surface area contributed by atoms with Gasteiger partial charge in [0.2, 0.25) is 0 Å². The van der Waals surface area contributed by atoms with Crippen LogP contribution in [-0.2, 0) is 16.0 Å². The number of thiazole rings is 1. The highest BCUT2D eigenvalue weighted by Gasteiger charge is 2.10. The van der Waals surface area contributed by atoms with Crippen molar-refractivity contribution in [2.45, 2.75) is 13.0 Å². The van der Waals surface area contributed by atoms with E-state index >= 15 is 0 Å². The number of hydrogen-bond acceptors (Lipinski definition) is 6. The van der Waals surface area contributed by atoms with Crippen LogP contribution in [-0.4, -0.2) is 45.5 Å². The van der Waals surface area contributed by atoms with E-state index in [2.05, 4.69) is 9.88 Å². The molecule has 1 aromatic rings. The van der Waals surface area contributed by atoms with E-state index in [1.807, 2.05) is 5.38 Å². The molecule has 2 N–H and O–H groups in total. The average Bonchev–Trinajstić information content (AvgIpc) is 2.82. The summed E-state index contributed by atoms with van der Waals surface area (Å²) in [5.41, 5.74) is 6.51. The number of aromatic nitrogens is 1. The Labute approximate surface area is 107 Å². The van der Waals surface area contributed by atoms with Crippen LogP contribution in [0.3, 0.4) is 0 Å². The SMILES string of the molecule is COCCCN(CCOC)c1nc(CN)cs1. The first-order valence-corrected chi connectivity index (χ1v) is 6.57. The third-order valence-corrected chi connectivity index (χ3v) is 3.31. The fourth-order valence-electron chi connectivity index (χ4n) is 1.44. The van der Waals surface area contributed by atoms with Crippen molar-refractivity contribution in [3.63, 3.8) is 0 Å². The Kier molecular flexibility index (Phi) is 7.11. The molecule has 0 aliphatic rings. The number of nitrogens with zero attached hydrogens (tertiary/aromatic N) is 2. The monoisotopic (exact) mass is 259 g/mol. The van der Waals surface area contributed by atoms with E-state index in [0.29, 0.717) is 13.2 Å². The first-order valence-electron chi connectivity index (χ1n) is 5.69. The zero-order chi connectivity index (χ0) is 12.5. The van der Waals surface area contributed by atoms with Crippen molar-refractivity contribution in [1.82, 2.24) is 4.98 Å². The fourth-order valence-corrected chi connectivity index (χ4v) is 2.33. The van der Waals surface area contributed by atoms with Gasteiger partial charge in [0.1, 0.15) is 0 Å². The summed E-state index contributed by atoms with van der Waals surface area (Å²) in [6, 6.07) is 0. The molecular weight excluding hydrogens is 238 g/mol. The van der Waals surface area contributed by atoms with Crippen LogP contribution in [0.2, 0.25) is 0 Å². The Morgan fingerprint density at radius 1 is 1.29 bits per heavy atom. The molecule has 0 fully saturated rings. The van der Waals surface area contributed by atoms with Crippen molar-refractivity contribution in [2.24, 2.45) is 5.73 Å². The normalized spacial score (nSPS) is 10.8. The van der Waals surface area contributed by atoms with E-state index in [1.54, 1.807) is 25.6 Å². The molecule has 0 radical (unpaired) electrons. The van der Waals surface area contributed by atoms with Gasteiger partial charge in [-0.25, -0.2) is 4.98 Å². The first kappa shape index (κ1) is 14.4. The lowest BCUT2D eigenvalue weighted by Crippen LogP contribution is -2.29. The molecule has 0 bridgehead atoms. The molecule has 1 heterocycles. The predicted molar refractivity (Wildman–Crippen MR) is 70.6 cm³/mol. The van der Waals surface area contributed by atoms with E-state index in [9.17, 15) is 0 Å². The van der Waals surface area contributed by atoms with E-state index < -0.39 is 0 Å². The number of methoxy groups -OCH3 is 2. The van der Waals surface area contributed by atoms with E-state index in [1.165, 1.54) is 0 Å². The number of anilines is 1. The molecule has 0 unspecified atom stereocenters. The Morgan fingerprint density at radius 3 is 2.65 bits per heavy atom. The van der Waals surface area contributed by atoms with Gasteiger partial charge in [-0.05, 0) is 6.42 Å². The number of rotatable bonds is 9. The van der Waals surface area contributed by atoms with Crippen LogP contribution >= 0.6 is 11.3 Å². The van der Waals surface area contributed by atoms with Crippen molar-refractivity contribution >= 4 is 16.5 Å². The molecule has 1 aromatic heterocycles. The maximum atomic E-state index is 5.57. The van der Waals surface area contributed by atoms with Gasteiger partial charge in [0.15, 0.2) is 5.13 Å². The van der Waals surface area contributed by atoms with Gasteiger partial charge in [0.05, 0.1) is 12.3 Å². The van der Waals surface area contributed by atoms with E-state index in [0.717, 1.165) is 36.9 Å². The van der Waals surface area contributed by atoms with Gasteiger partial charge in [0.25, 0.3) is 0 Å². The van der Waals surface area contributed by atoms with Crippen LogP contribution < -0.4 is 10.6 Å². The van der Waals surface area contributed by atoms with E-state index in [4.69, 9.17) is 15.2 Å². The minimum Gasteiger partial charge on any atom is -0.385 e. The summed E-state index contributed by atoms with van der Waals surface area (Å²) < 4.78 is 10.2. The van der Waals surface area contributed by atoms with Crippen molar-refractivity contribution in [2.75, 3.05) is 45.4 Å². The zero-order valence-electron chi connectivity index (χ0n) is 10.5. The summed E-state index contributed by atoms with van der Waals surface area (Å²) in [6.07, 6.45) is 0.984. The molecule has 0 atom stereocenters. The molecule has 0 amide bonds. The second-order valence-corrected chi connectivity index (χ2v) is 4.49. The van der Waals surface area contributed by atoms with Gasteiger partial charge in [-0.3, -0.25) is 0 Å². The van der Waals surface area contributed by atoms with E-state index in [-0.39, 0.29) is 0 Å². The number of hydrogen-bond donors (Lipinski definition) is 1. The van der Waals surface area contributed by atoms with Crippen LogP contribution in [0.1, 0.15) is 12.1 Å². The Morgan fingerprint density at radius 2 is 2.06 bits per heavy atom. The molecule has 17 heavy (non-hydrogen) atoms. The molecule has 1 rings (SSSR count). The third-order valence-electron chi connectivity index (χ3n) is 2.36. The largest absolute Gasteiger partial charge is 0.385 e. The lowest BCUT2D eigenvalue weighted by molar-refractivity contribution is 0.191. The maximum Gasteiger partial charge on any atom is 0.185 e. The Hall–Kier alpha value is -0.690. The molecular formula is C11H21N3O2S. The Bertz CT molecular complexity index is 307. The number of nitrogens with two attached hydrogens (primary N) is 1. The van der Waals surface area contributed by atoms with Crippen molar-refractivity contribution in [3.8, 4) is 0 Å². The molecule has 6 heteroatoms. The summed E-state index contributed by atoms with van der Waals surface area (Å²) in [5.74, 6) is 0. The standard InChI is InChI=1S/C11H21N3O2S/c1-15-6-3-4-14(5-7-16-2)11-13-10(8-12)9-17-11/h9H,3-8,12H2,1-2H3. The van der Waals surface area contributed by atoms with Crippen LogP contribution in [0.4, 0.5) is 5.13 Å². The smallest absolute Gasteiger partial charge is 0.185 e. The van der Waals surface area contributed by atoms with Gasteiger partial charge in [0, 0.05) is 45.8 Å². The molecule has 98 valence electrons. The minimum absolute atomic E-state index is 0.493. The molecule has 0 aromatic carbocycles. The van der Waals surface area contributed by atoms with Gasteiger partial charge in [-0.1, -0.05) is 0 Å². The molecule has 0 spiro atoms. The van der Waals surface area contributed by atoms with Crippen molar-refractivity contribution in [1.29, 1.82) is 0 Å². The highest BCUT2D eigenvalue weighted by Crippen LogP contribution is 2.20. The van der Waals surface area contributed by atoms with Crippen molar-refractivity contribution in [3.05, 3.63) is 11.1 Å². The summed E-state index contributed by atoms with van der Waals surface area (Å²) >= 11 is 1.63. The topological polar surface area (TPSA) is 60.6 Å². The zero-order valence-corrected chi connectivity index (χ0v) is 11.3. The first-order chi connectivity index (χ1) is 8.31. The maximum absolute atomic E-state index is 5.57. The average molecular weight is 259 g/mol. The highest BCUT2D eigenvalue weighted by atomic mass is 32.1. The summed E-state index contributed by atoms with van der Waals surface area (Å²) in [5, 5.41) is 3.02.